The van der Waals surface area contributed by atoms with E-state index < -0.39 is 0 Å². The Hall–Kier alpha value is -1.29. The summed E-state index contributed by atoms with van der Waals surface area (Å²) in [7, 11) is 0. The van der Waals surface area contributed by atoms with E-state index in [-0.39, 0.29) is 11.9 Å². The van der Waals surface area contributed by atoms with Crippen LogP contribution in [0.2, 0.25) is 0 Å². The van der Waals surface area contributed by atoms with Crippen molar-refractivity contribution in [2.75, 3.05) is 0 Å². The van der Waals surface area contributed by atoms with Crippen LogP contribution in [0, 0.1) is 0 Å². The monoisotopic (exact) mass is 321 g/mol. The number of fused-ring (bicyclic) bond motifs is 1. The van der Waals surface area contributed by atoms with Crippen molar-refractivity contribution >= 4 is 32.8 Å². The van der Waals surface area contributed by atoms with Crippen LogP contribution in [-0.2, 0) is 0 Å². The van der Waals surface area contributed by atoms with Crippen molar-refractivity contribution in [1.82, 2.24) is 5.32 Å². The van der Waals surface area contributed by atoms with Gasteiger partial charge in [-0.05, 0) is 25.0 Å². The number of carbonyl (C=O) groups excluding carboxylic acids is 1. The Kier molecular flexibility index (Phi) is 3.60. The molecule has 3 nitrogen and oxygen atoms in total. The number of furan rings is 1. The van der Waals surface area contributed by atoms with Crippen LogP contribution in [0.15, 0.2) is 34.7 Å². The first kappa shape index (κ1) is 12.7. The first-order valence-corrected chi connectivity index (χ1v) is 7.59. The standard InChI is InChI=1S/C15H16BrNO2/c16-11-6-2-3-7-12(11)17-15(18)14-9-10-5-1-4-8-13(10)19-14/h1,4-5,8-9,11-12H,2-3,6-7H2,(H,17,18). The van der Waals surface area contributed by atoms with Gasteiger partial charge in [0.1, 0.15) is 5.58 Å². The van der Waals surface area contributed by atoms with Gasteiger partial charge in [0.2, 0.25) is 0 Å². The fraction of sp³-hybridized carbons (Fsp3) is 0.400. The van der Waals surface area contributed by atoms with Crippen LogP contribution in [0.3, 0.4) is 0 Å². The average Bonchev–Trinajstić information content (AvgIpc) is 2.85. The molecule has 1 heterocycles. The molecule has 1 aliphatic carbocycles. The molecule has 3 rings (SSSR count). The van der Waals surface area contributed by atoms with Crippen molar-refractivity contribution in [1.29, 1.82) is 0 Å². The Labute approximate surface area is 120 Å². The lowest BCUT2D eigenvalue weighted by Crippen LogP contribution is -2.42. The van der Waals surface area contributed by atoms with Crippen molar-refractivity contribution in [3.8, 4) is 0 Å². The van der Waals surface area contributed by atoms with Crippen LogP contribution in [0.1, 0.15) is 36.2 Å². The molecule has 1 aromatic carbocycles. The van der Waals surface area contributed by atoms with Gasteiger partial charge in [-0.15, -0.1) is 0 Å². The normalized spacial score (nSPS) is 23.4. The number of rotatable bonds is 2. The second-order valence-corrected chi connectivity index (χ2v) is 6.21. The quantitative estimate of drug-likeness (QED) is 0.853. The van der Waals surface area contributed by atoms with E-state index in [0.29, 0.717) is 10.6 Å². The third-order valence-electron chi connectivity index (χ3n) is 3.65. The number of para-hydroxylation sites is 1. The van der Waals surface area contributed by atoms with E-state index in [4.69, 9.17) is 4.42 Å². The van der Waals surface area contributed by atoms with Crippen molar-refractivity contribution in [2.24, 2.45) is 0 Å². The fourth-order valence-electron chi connectivity index (χ4n) is 2.58. The largest absolute Gasteiger partial charge is 0.451 e. The Morgan fingerprint density at radius 1 is 1.26 bits per heavy atom. The zero-order valence-electron chi connectivity index (χ0n) is 10.6. The zero-order valence-corrected chi connectivity index (χ0v) is 12.2. The van der Waals surface area contributed by atoms with Gasteiger partial charge in [0.25, 0.3) is 5.91 Å². The fourth-order valence-corrected chi connectivity index (χ4v) is 3.30. The summed E-state index contributed by atoms with van der Waals surface area (Å²) in [6, 6.07) is 9.67. The number of benzene rings is 1. The molecule has 2 unspecified atom stereocenters. The summed E-state index contributed by atoms with van der Waals surface area (Å²) in [5.41, 5.74) is 0.756. The number of amides is 1. The van der Waals surface area contributed by atoms with Crippen molar-refractivity contribution in [3.05, 3.63) is 36.1 Å². The molecular formula is C15H16BrNO2. The van der Waals surface area contributed by atoms with Gasteiger partial charge in [0.05, 0.1) is 0 Å². The molecule has 1 aromatic heterocycles. The third-order valence-corrected chi connectivity index (χ3v) is 4.74. The minimum Gasteiger partial charge on any atom is -0.451 e. The van der Waals surface area contributed by atoms with Crippen molar-refractivity contribution < 1.29 is 9.21 Å². The van der Waals surface area contributed by atoms with Gasteiger partial charge in [0.15, 0.2) is 5.76 Å². The van der Waals surface area contributed by atoms with E-state index in [1.807, 2.05) is 24.3 Å². The molecule has 0 aliphatic heterocycles. The van der Waals surface area contributed by atoms with Crippen LogP contribution in [0.4, 0.5) is 0 Å². The predicted octanol–water partition coefficient (Wildman–Crippen LogP) is 3.87. The summed E-state index contributed by atoms with van der Waals surface area (Å²) in [6.45, 7) is 0. The number of alkyl halides is 1. The minimum atomic E-state index is -0.118. The van der Waals surface area contributed by atoms with Crippen LogP contribution in [0.25, 0.3) is 11.0 Å². The molecule has 19 heavy (non-hydrogen) atoms. The summed E-state index contributed by atoms with van der Waals surface area (Å²) < 4.78 is 5.58. The highest BCUT2D eigenvalue weighted by molar-refractivity contribution is 9.09. The number of hydrogen-bond acceptors (Lipinski definition) is 2. The van der Waals surface area contributed by atoms with Crippen LogP contribution in [0.5, 0.6) is 0 Å². The van der Waals surface area contributed by atoms with Gasteiger partial charge >= 0.3 is 0 Å². The molecule has 2 atom stereocenters. The van der Waals surface area contributed by atoms with Gasteiger partial charge < -0.3 is 9.73 Å². The Morgan fingerprint density at radius 2 is 2.05 bits per heavy atom. The molecule has 1 aliphatic rings. The average molecular weight is 322 g/mol. The first-order chi connectivity index (χ1) is 9.24. The lowest BCUT2D eigenvalue weighted by Gasteiger charge is -2.27. The molecule has 0 spiro atoms. The van der Waals surface area contributed by atoms with E-state index in [1.54, 1.807) is 6.07 Å². The van der Waals surface area contributed by atoms with E-state index in [0.717, 1.165) is 23.8 Å². The number of carbonyl (C=O) groups is 1. The summed E-state index contributed by atoms with van der Waals surface area (Å²) in [6.07, 6.45) is 4.55. The highest BCUT2D eigenvalue weighted by atomic mass is 79.9. The van der Waals surface area contributed by atoms with E-state index in [2.05, 4.69) is 21.2 Å². The molecule has 0 bridgehead atoms. The van der Waals surface area contributed by atoms with Gasteiger partial charge in [-0.3, -0.25) is 4.79 Å². The summed E-state index contributed by atoms with van der Waals surface area (Å²) >= 11 is 3.65. The molecule has 1 amide bonds. The molecule has 4 heteroatoms. The maximum Gasteiger partial charge on any atom is 0.287 e. The van der Waals surface area contributed by atoms with Crippen LogP contribution in [-0.4, -0.2) is 16.8 Å². The van der Waals surface area contributed by atoms with Crippen molar-refractivity contribution in [2.45, 2.75) is 36.6 Å². The lowest BCUT2D eigenvalue weighted by atomic mass is 9.95. The number of halogens is 1. The van der Waals surface area contributed by atoms with E-state index in [9.17, 15) is 4.79 Å². The first-order valence-electron chi connectivity index (χ1n) is 6.67. The van der Waals surface area contributed by atoms with Gasteiger partial charge in [-0.1, -0.05) is 47.0 Å². The summed E-state index contributed by atoms with van der Waals surface area (Å²) in [4.78, 5) is 12.6. The van der Waals surface area contributed by atoms with Gasteiger partial charge in [-0.2, -0.15) is 0 Å². The maximum absolute atomic E-state index is 12.2. The van der Waals surface area contributed by atoms with Crippen LogP contribution >= 0.6 is 15.9 Å². The number of nitrogens with one attached hydrogen (secondary N) is 1. The highest BCUT2D eigenvalue weighted by Crippen LogP contribution is 2.25. The summed E-state index contributed by atoms with van der Waals surface area (Å²) in [5, 5.41) is 4.03. The lowest BCUT2D eigenvalue weighted by molar-refractivity contribution is 0.0904. The highest BCUT2D eigenvalue weighted by Gasteiger charge is 2.25. The van der Waals surface area contributed by atoms with E-state index in [1.165, 1.54) is 12.8 Å². The molecule has 100 valence electrons. The third kappa shape index (κ3) is 2.68. The predicted molar refractivity (Wildman–Crippen MR) is 78.7 cm³/mol. The van der Waals surface area contributed by atoms with Crippen molar-refractivity contribution in [3.63, 3.8) is 0 Å². The van der Waals surface area contributed by atoms with E-state index >= 15 is 0 Å². The van der Waals surface area contributed by atoms with Crippen LogP contribution < -0.4 is 5.32 Å². The second kappa shape index (κ2) is 5.37. The molecule has 0 saturated heterocycles. The minimum absolute atomic E-state index is 0.118. The molecular weight excluding hydrogens is 306 g/mol. The molecule has 1 N–H and O–H groups in total. The Bertz CT molecular complexity index is 560. The molecule has 0 radical (unpaired) electrons. The maximum atomic E-state index is 12.2. The second-order valence-electron chi connectivity index (χ2n) is 5.03. The molecule has 1 fully saturated rings. The topological polar surface area (TPSA) is 42.2 Å². The van der Waals surface area contributed by atoms with Gasteiger partial charge in [-0.25, -0.2) is 0 Å². The Morgan fingerprint density at radius 3 is 2.84 bits per heavy atom. The Balaban J connectivity index is 1.76. The molecule has 1 saturated carbocycles. The smallest absolute Gasteiger partial charge is 0.287 e. The SMILES string of the molecule is O=C(NC1CCCCC1Br)c1cc2ccccc2o1. The summed E-state index contributed by atoms with van der Waals surface area (Å²) in [5.74, 6) is 0.277. The van der Waals surface area contributed by atoms with Gasteiger partial charge in [0, 0.05) is 16.3 Å². The number of hydrogen-bond donors (Lipinski definition) is 1. The molecule has 2 aromatic rings. The zero-order chi connectivity index (χ0) is 13.2.